The molecule has 0 amide bonds. The Labute approximate surface area is 141 Å². The van der Waals surface area contributed by atoms with Crippen molar-refractivity contribution in [3.05, 3.63) is 54.1 Å². The third kappa shape index (κ3) is 2.96. The predicted molar refractivity (Wildman–Crippen MR) is 86.4 cm³/mol. The second kappa shape index (κ2) is 6.01. The number of ether oxygens (including phenoxy) is 2. The van der Waals surface area contributed by atoms with E-state index in [2.05, 4.69) is 9.97 Å². The van der Waals surface area contributed by atoms with Gasteiger partial charge in [0.15, 0.2) is 17.7 Å². The average molecular weight is 340 g/mol. The summed E-state index contributed by atoms with van der Waals surface area (Å²) in [5.74, 6) is -1.13. The topological polar surface area (TPSA) is 81.5 Å². The van der Waals surface area contributed by atoms with Crippen LogP contribution in [0.2, 0.25) is 0 Å². The van der Waals surface area contributed by atoms with Gasteiger partial charge in [0.2, 0.25) is 5.88 Å². The Hall–Kier alpha value is -3.22. The number of aromatic nitrogens is 2. The average Bonchev–Trinajstić information content (AvgIpc) is 2.62. The number of halogens is 1. The molecular weight excluding hydrogens is 327 g/mol. The molecule has 1 N–H and O–H groups in total. The molecule has 0 bridgehead atoms. The molecule has 3 aromatic rings. The fraction of sp³-hybridized carbons (Fsp3) is 0.167. The van der Waals surface area contributed by atoms with Gasteiger partial charge in [-0.05, 0) is 36.6 Å². The summed E-state index contributed by atoms with van der Waals surface area (Å²) >= 11 is 0. The molecule has 6 nitrogen and oxygen atoms in total. The molecule has 1 atom stereocenters. The van der Waals surface area contributed by atoms with Crippen LogP contribution in [0.3, 0.4) is 0 Å². The fourth-order valence-corrected chi connectivity index (χ4v) is 2.75. The van der Waals surface area contributed by atoms with E-state index in [1.54, 1.807) is 24.5 Å². The molecule has 0 radical (unpaired) electrons. The second-order valence-corrected chi connectivity index (χ2v) is 5.69. The van der Waals surface area contributed by atoms with E-state index >= 15 is 0 Å². The monoisotopic (exact) mass is 340 g/mol. The quantitative estimate of drug-likeness (QED) is 0.787. The number of carboxylic acid groups (broad SMARTS) is 1. The van der Waals surface area contributed by atoms with Crippen molar-refractivity contribution in [3.8, 4) is 17.4 Å². The van der Waals surface area contributed by atoms with E-state index in [4.69, 9.17) is 14.6 Å². The molecule has 0 aliphatic carbocycles. The lowest BCUT2D eigenvalue weighted by Gasteiger charge is -2.23. The summed E-state index contributed by atoms with van der Waals surface area (Å²) in [7, 11) is 0. The Morgan fingerprint density at radius 1 is 1.32 bits per heavy atom. The van der Waals surface area contributed by atoms with Crippen molar-refractivity contribution < 1.29 is 23.8 Å². The molecule has 0 saturated heterocycles. The van der Waals surface area contributed by atoms with E-state index in [-0.39, 0.29) is 11.6 Å². The minimum Gasteiger partial charge on any atom is -0.479 e. The lowest BCUT2D eigenvalue weighted by atomic mass is 10.0. The van der Waals surface area contributed by atoms with Gasteiger partial charge in [0.25, 0.3) is 0 Å². The van der Waals surface area contributed by atoms with E-state index in [1.165, 1.54) is 12.1 Å². The van der Waals surface area contributed by atoms with Gasteiger partial charge in [-0.15, -0.1) is 0 Å². The van der Waals surface area contributed by atoms with E-state index in [9.17, 15) is 9.18 Å². The highest BCUT2D eigenvalue weighted by molar-refractivity contribution is 5.77. The Morgan fingerprint density at radius 3 is 3.04 bits per heavy atom. The van der Waals surface area contributed by atoms with E-state index in [1.807, 2.05) is 6.07 Å². The first kappa shape index (κ1) is 15.3. The van der Waals surface area contributed by atoms with Crippen LogP contribution in [0.4, 0.5) is 4.39 Å². The molecule has 0 fully saturated rings. The van der Waals surface area contributed by atoms with Crippen molar-refractivity contribution in [2.45, 2.75) is 18.9 Å². The number of fused-ring (bicyclic) bond motifs is 2. The molecule has 1 aromatic carbocycles. The van der Waals surface area contributed by atoms with Gasteiger partial charge in [0.05, 0.1) is 11.7 Å². The van der Waals surface area contributed by atoms with Gasteiger partial charge >= 0.3 is 5.97 Å². The number of hydrogen-bond donors (Lipinski definition) is 1. The SMILES string of the molecule is O=C(O)[C@H]1CCc2cc(F)c(Oc3ccc4ccncc4n3)cc2O1. The van der Waals surface area contributed by atoms with Gasteiger partial charge in [0.1, 0.15) is 5.75 Å². The van der Waals surface area contributed by atoms with Gasteiger partial charge < -0.3 is 14.6 Å². The zero-order chi connectivity index (χ0) is 17.4. The zero-order valence-corrected chi connectivity index (χ0v) is 13.0. The molecule has 0 unspecified atom stereocenters. The zero-order valence-electron chi connectivity index (χ0n) is 13.0. The maximum Gasteiger partial charge on any atom is 0.344 e. The highest BCUT2D eigenvalue weighted by atomic mass is 19.1. The maximum absolute atomic E-state index is 14.3. The van der Waals surface area contributed by atoms with Crippen LogP contribution in [-0.2, 0) is 11.2 Å². The number of aryl methyl sites for hydroxylation is 1. The van der Waals surface area contributed by atoms with Crippen LogP contribution >= 0.6 is 0 Å². The molecule has 1 aliphatic rings. The summed E-state index contributed by atoms with van der Waals surface area (Å²) in [4.78, 5) is 19.4. The largest absolute Gasteiger partial charge is 0.479 e. The number of carboxylic acids is 1. The van der Waals surface area contributed by atoms with Crippen molar-refractivity contribution in [3.63, 3.8) is 0 Å². The van der Waals surface area contributed by atoms with Gasteiger partial charge in [-0.2, -0.15) is 0 Å². The van der Waals surface area contributed by atoms with Crippen LogP contribution in [0, 0.1) is 5.82 Å². The summed E-state index contributed by atoms with van der Waals surface area (Å²) in [6.07, 6.45) is 3.05. The third-order valence-corrected chi connectivity index (χ3v) is 4.02. The smallest absolute Gasteiger partial charge is 0.344 e. The lowest BCUT2D eigenvalue weighted by molar-refractivity contribution is -0.145. The number of rotatable bonds is 3. The second-order valence-electron chi connectivity index (χ2n) is 5.69. The van der Waals surface area contributed by atoms with Crippen LogP contribution in [0.15, 0.2) is 42.7 Å². The molecule has 1 aliphatic heterocycles. The number of hydrogen-bond acceptors (Lipinski definition) is 5. The van der Waals surface area contributed by atoms with E-state index < -0.39 is 17.9 Å². The Morgan fingerprint density at radius 2 is 2.20 bits per heavy atom. The number of nitrogens with zero attached hydrogens (tertiary/aromatic N) is 2. The van der Waals surface area contributed by atoms with E-state index in [0.29, 0.717) is 29.7 Å². The first-order valence-corrected chi connectivity index (χ1v) is 7.70. The minimum absolute atomic E-state index is 0.0690. The summed E-state index contributed by atoms with van der Waals surface area (Å²) < 4.78 is 25.3. The number of carbonyl (C=O) groups is 1. The van der Waals surface area contributed by atoms with Crippen LogP contribution < -0.4 is 9.47 Å². The highest BCUT2D eigenvalue weighted by Gasteiger charge is 2.27. The first-order valence-electron chi connectivity index (χ1n) is 7.70. The van der Waals surface area contributed by atoms with Crippen LogP contribution in [0.25, 0.3) is 10.9 Å². The van der Waals surface area contributed by atoms with Gasteiger partial charge in [-0.1, -0.05) is 0 Å². The number of aliphatic carboxylic acids is 1. The van der Waals surface area contributed by atoms with Crippen LogP contribution in [0.5, 0.6) is 17.4 Å². The molecule has 3 heterocycles. The number of pyridine rings is 2. The summed E-state index contributed by atoms with van der Waals surface area (Å²) in [5.41, 5.74) is 1.25. The van der Waals surface area contributed by atoms with Crippen LogP contribution in [0.1, 0.15) is 12.0 Å². The molecule has 7 heteroatoms. The maximum atomic E-state index is 14.3. The first-order chi connectivity index (χ1) is 12.1. The van der Waals surface area contributed by atoms with Gasteiger partial charge in [0, 0.05) is 23.7 Å². The van der Waals surface area contributed by atoms with Crippen LogP contribution in [-0.4, -0.2) is 27.1 Å². The molecular formula is C18H13FN2O4. The van der Waals surface area contributed by atoms with Crippen molar-refractivity contribution in [1.82, 2.24) is 9.97 Å². The van der Waals surface area contributed by atoms with Gasteiger partial charge in [-0.25, -0.2) is 14.2 Å². The summed E-state index contributed by atoms with van der Waals surface area (Å²) in [5, 5.41) is 9.97. The molecule has 2 aromatic heterocycles. The van der Waals surface area contributed by atoms with Crippen molar-refractivity contribution in [2.24, 2.45) is 0 Å². The fourth-order valence-electron chi connectivity index (χ4n) is 2.75. The Balaban J connectivity index is 1.65. The standard InChI is InChI=1S/C18H13FN2O4/c19-12-7-11-1-3-14(18(22)23)24-15(11)8-16(12)25-17-4-2-10-5-6-20-9-13(10)21-17/h2,4-9,14H,1,3H2,(H,22,23)/t14-/m1/s1. The molecule has 4 rings (SSSR count). The molecule has 0 saturated carbocycles. The van der Waals surface area contributed by atoms with Crippen molar-refractivity contribution in [2.75, 3.05) is 0 Å². The third-order valence-electron chi connectivity index (χ3n) is 4.02. The Kier molecular flexibility index (Phi) is 3.68. The van der Waals surface area contributed by atoms with Gasteiger partial charge in [-0.3, -0.25) is 4.98 Å². The minimum atomic E-state index is -1.04. The number of benzene rings is 1. The normalized spacial score (nSPS) is 16.1. The van der Waals surface area contributed by atoms with Crippen molar-refractivity contribution in [1.29, 1.82) is 0 Å². The predicted octanol–water partition coefficient (Wildman–Crippen LogP) is 3.34. The molecule has 0 spiro atoms. The van der Waals surface area contributed by atoms with Crippen molar-refractivity contribution >= 4 is 16.9 Å². The van der Waals surface area contributed by atoms with E-state index in [0.717, 1.165) is 5.39 Å². The lowest BCUT2D eigenvalue weighted by Crippen LogP contribution is -2.30. The summed E-state index contributed by atoms with van der Waals surface area (Å²) in [6.45, 7) is 0. The molecule has 126 valence electrons. The Bertz CT molecular complexity index is 976. The molecule has 25 heavy (non-hydrogen) atoms. The highest BCUT2D eigenvalue weighted by Crippen LogP contribution is 2.35. The summed E-state index contributed by atoms with van der Waals surface area (Å²) in [6, 6.07) is 7.92.